The highest BCUT2D eigenvalue weighted by Crippen LogP contribution is 2.42. The lowest BCUT2D eigenvalue weighted by atomic mass is 9.99. The Hall–Kier alpha value is -3.22. The van der Waals surface area contributed by atoms with E-state index >= 15 is 0 Å². The van der Waals surface area contributed by atoms with E-state index in [4.69, 9.17) is 23.7 Å². The van der Waals surface area contributed by atoms with Crippen molar-refractivity contribution in [1.82, 2.24) is 0 Å². The van der Waals surface area contributed by atoms with Crippen molar-refractivity contribution in [3.05, 3.63) is 47.5 Å². The molecule has 2 aliphatic heterocycles. The van der Waals surface area contributed by atoms with Crippen molar-refractivity contribution in [2.75, 3.05) is 20.5 Å². The number of carbonyl (C=O) groups excluding carboxylic acids is 2. The van der Waals surface area contributed by atoms with Gasteiger partial charge in [0.25, 0.3) is 0 Å². The van der Waals surface area contributed by atoms with Crippen LogP contribution in [0.25, 0.3) is 0 Å². The number of hydrogen-bond donors (Lipinski definition) is 4. The van der Waals surface area contributed by atoms with Gasteiger partial charge in [-0.25, -0.2) is 0 Å². The van der Waals surface area contributed by atoms with Crippen LogP contribution in [0.15, 0.2) is 36.4 Å². The van der Waals surface area contributed by atoms with Crippen LogP contribution < -0.4 is 18.9 Å². The van der Waals surface area contributed by atoms with E-state index in [2.05, 4.69) is 0 Å². The van der Waals surface area contributed by atoms with Crippen molar-refractivity contribution < 1.29 is 53.7 Å². The lowest BCUT2D eigenvalue weighted by molar-refractivity contribution is -0.277. The minimum absolute atomic E-state index is 0.0206. The largest absolute Gasteiger partial charge is 0.493 e. The molecule has 176 valence electrons. The second-order valence-corrected chi connectivity index (χ2v) is 7.41. The smallest absolute Gasteiger partial charge is 0.233 e. The number of hydrogen-bond acceptors (Lipinski definition) is 11. The van der Waals surface area contributed by atoms with Crippen LogP contribution in [-0.2, 0) is 4.74 Å². The molecule has 4 N–H and O–H groups in total. The molecule has 0 aliphatic carbocycles. The fourth-order valence-corrected chi connectivity index (χ4v) is 3.51. The number of methoxy groups -OCH3 is 1. The number of Topliss-reactive ketones (excluding diaryl/α,β-unsaturated/α-hetero) is 2. The highest BCUT2D eigenvalue weighted by Gasteiger charge is 2.44. The molecular formula is C22H22O11. The Morgan fingerprint density at radius 2 is 1.67 bits per heavy atom. The molecule has 0 bridgehead atoms. The topological polar surface area (TPSA) is 161 Å². The molecule has 0 radical (unpaired) electrons. The molecule has 2 heterocycles. The first-order chi connectivity index (χ1) is 15.8. The summed E-state index contributed by atoms with van der Waals surface area (Å²) >= 11 is 0. The van der Waals surface area contributed by atoms with Crippen LogP contribution in [0, 0.1) is 0 Å². The van der Waals surface area contributed by atoms with Gasteiger partial charge in [0.05, 0.1) is 13.7 Å². The zero-order valence-corrected chi connectivity index (χ0v) is 17.4. The molecule has 11 heteroatoms. The maximum absolute atomic E-state index is 12.7. The number of aliphatic hydroxyl groups excluding tert-OH is 4. The number of ketones is 2. The molecule has 0 saturated carbocycles. The molecule has 1 fully saturated rings. The van der Waals surface area contributed by atoms with Crippen LogP contribution in [0.2, 0.25) is 0 Å². The molecule has 5 atom stereocenters. The standard InChI is InChI=1S/C22H22O11/c1-29-13-6-11(7-14-21(13)31-9-30-14)17(25)16(24)10-2-4-12(5-3-10)32-22-20(28)19(27)18(26)15(8-23)33-22/h2-7,15,18-20,22-23,26-28H,8-9H2,1H3/t15-,18-,19+,20-,22-/m1/s1. The number of fused-ring (bicyclic) bond motifs is 1. The van der Waals surface area contributed by atoms with Crippen LogP contribution in [0.3, 0.4) is 0 Å². The van der Waals surface area contributed by atoms with Gasteiger partial charge < -0.3 is 44.1 Å². The molecule has 2 aliphatic rings. The predicted molar refractivity (Wildman–Crippen MR) is 109 cm³/mol. The number of rotatable bonds is 7. The van der Waals surface area contributed by atoms with Gasteiger partial charge in [0.2, 0.25) is 30.4 Å². The van der Waals surface area contributed by atoms with E-state index in [-0.39, 0.29) is 29.4 Å². The molecule has 0 amide bonds. The summed E-state index contributed by atoms with van der Waals surface area (Å²) in [5.41, 5.74) is 0.153. The highest BCUT2D eigenvalue weighted by molar-refractivity contribution is 6.49. The molecule has 0 unspecified atom stereocenters. The van der Waals surface area contributed by atoms with Crippen molar-refractivity contribution in [1.29, 1.82) is 0 Å². The lowest BCUT2D eigenvalue weighted by Gasteiger charge is -2.39. The Morgan fingerprint density at radius 3 is 2.33 bits per heavy atom. The number of carbonyl (C=O) groups is 2. The van der Waals surface area contributed by atoms with E-state index < -0.39 is 48.9 Å². The van der Waals surface area contributed by atoms with E-state index in [0.717, 1.165) is 0 Å². The Labute approximate surface area is 187 Å². The Bertz CT molecular complexity index is 1030. The monoisotopic (exact) mass is 462 g/mol. The predicted octanol–water partition coefficient (Wildman–Crippen LogP) is -0.332. The third-order valence-corrected chi connectivity index (χ3v) is 5.34. The summed E-state index contributed by atoms with van der Waals surface area (Å²) < 4.78 is 26.5. The highest BCUT2D eigenvalue weighted by atomic mass is 16.7. The van der Waals surface area contributed by atoms with Gasteiger partial charge in [-0.3, -0.25) is 9.59 Å². The Balaban J connectivity index is 1.47. The zero-order valence-electron chi connectivity index (χ0n) is 17.4. The summed E-state index contributed by atoms with van der Waals surface area (Å²) in [5, 5.41) is 39.0. The van der Waals surface area contributed by atoms with Gasteiger partial charge in [0.1, 0.15) is 30.2 Å². The van der Waals surface area contributed by atoms with Gasteiger partial charge in [0.15, 0.2) is 11.5 Å². The first-order valence-electron chi connectivity index (χ1n) is 9.98. The maximum atomic E-state index is 12.7. The first-order valence-corrected chi connectivity index (χ1v) is 9.98. The summed E-state index contributed by atoms with van der Waals surface area (Å²) in [4.78, 5) is 25.4. The van der Waals surface area contributed by atoms with Gasteiger partial charge in [0, 0.05) is 11.1 Å². The second-order valence-electron chi connectivity index (χ2n) is 7.41. The quantitative estimate of drug-likeness (QED) is 0.315. The molecule has 11 nitrogen and oxygen atoms in total. The molecule has 4 rings (SSSR count). The molecule has 2 aromatic carbocycles. The molecule has 33 heavy (non-hydrogen) atoms. The molecule has 0 aromatic heterocycles. The lowest BCUT2D eigenvalue weighted by Crippen LogP contribution is -2.60. The van der Waals surface area contributed by atoms with Crippen molar-refractivity contribution in [3.8, 4) is 23.0 Å². The second kappa shape index (κ2) is 9.33. The fraction of sp³-hybridized carbons (Fsp3) is 0.364. The molecule has 1 saturated heterocycles. The van der Waals surface area contributed by atoms with E-state index in [1.165, 1.54) is 43.5 Å². The van der Waals surface area contributed by atoms with E-state index in [1.807, 2.05) is 0 Å². The van der Waals surface area contributed by atoms with Crippen LogP contribution in [0.4, 0.5) is 0 Å². The summed E-state index contributed by atoms with van der Waals surface area (Å²) in [5.74, 6) is -0.480. The SMILES string of the molecule is COc1cc(C(=O)C(=O)c2ccc(O[C@@H]3O[C@H](CO)[C@@H](O)[C@H](O)[C@H]3O)cc2)cc2c1OCO2. The van der Waals surface area contributed by atoms with Crippen molar-refractivity contribution >= 4 is 11.6 Å². The number of ether oxygens (including phenoxy) is 5. The van der Waals surface area contributed by atoms with Gasteiger partial charge in [-0.05, 0) is 36.4 Å². The van der Waals surface area contributed by atoms with Crippen LogP contribution in [0.5, 0.6) is 23.0 Å². The summed E-state index contributed by atoms with van der Waals surface area (Å²) in [6.07, 6.45) is -7.16. The summed E-state index contributed by atoms with van der Waals surface area (Å²) in [7, 11) is 1.40. The molecular weight excluding hydrogens is 440 g/mol. The first kappa shape index (κ1) is 23.0. The summed E-state index contributed by atoms with van der Waals surface area (Å²) in [6, 6.07) is 8.25. The van der Waals surface area contributed by atoms with Crippen molar-refractivity contribution in [2.24, 2.45) is 0 Å². The third-order valence-electron chi connectivity index (χ3n) is 5.34. The average molecular weight is 462 g/mol. The van der Waals surface area contributed by atoms with Gasteiger partial charge >= 0.3 is 0 Å². The van der Waals surface area contributed by atoms with E-state index in [1.54, 1.807) is 0 Å². The van der Waals surface area contributed by atoms with Gasteiger partial charge in [-0.1, -0.05) is 0 Å². The van der Waals surface area contributed by atoms with Gasteiger partial charge in [-0.2, -0.15) is 0 Å². The molecule has 0 spiro atoms. The van der Waals surface area contributed by atoms with Crippen LogP contribution in [0.1, 0.15) is 20.7 Å². The van der Waals surface area contributed by atoms with Crippen LogP contribution in [-0.4, -0.2) is 83.2 Å². The number of aliphatic hydroxyl groups is 4. The average Bonchev–Trinajstić information content (AvgIpc) is 3.32. The van der Waals surface area contributed by atoms with E-state index in [0.29, 0.717) is 11.5 Å². The van der Waals surface area contributed by atoms with Gasteiger partial charge in [-0.15, -0.1) is 0 Å². The Morgan fingerprint density at radius 1 is 0.970 bits per heavy atom. The number of benzene rings is 2. The minimum atomic E-state index is -1.59. The fourth-order valence-electron chi connectivity index (χ4n) is 3.51. The maximum Gasteiger partial charge on any atom is 0.233 e. The Kier molecular flexibility index (Phi) is 6.49. The van der Waals surface area contributed by atoms with E-state index in [9.17, 15) is 30.0 Å². The zero-order chi connectivity index (χ0) is 23.7. The van der Waals surface area contributed by atoms with Crippen molar-refractivity contribution in [3.63, 3.8) is 0 Å². The van der Waals surface area contributed by atoms with Crippen LogP contribution >= 0.6 is 0 Å². The molecule has 2 aromatic rings. The third kappa shape index (κ3) is 4.36. The van der Waals surface area contributed by atoms with Crippen molar-refractivity contribution in [2.45, 2.75) is 30.7 Å². The minimum Gasteiger partial charge on any atom is -0.493 e. The summed E-state index contributed by atoms with van der Waals surface area (Å²) in [6.45, 7) is -0.613. The normalized spacial score (nSPS) is 26.0.